The predicted molar refractivity (Wildman–Crippen MR) is 104 cm³/mol. The Morgan fingerprint density at radius 3 is 2.41 bits per heavy atom. The van der Waals surface area contributed by atoms with Crippen molar-refractivity contribution >= 4 is 17.3 Å². The third-order valence-corrected chi connectivity index (χ3v) is 4.02. The number of benzene rings is 2. The molecule has 0 heterocycles. The molecule has 2 aromatic carbocycles. The fourth-order valence-electron chi connectivity index (χ4n) is 2.49. The van der Waals surface area contributed by atoms with Gasteiger partial charge in [-0.05, 0) is 43.5 Å². The second kappa shape index (κ2) is 9.47. The number of carbonyl (C=O) groups is 1. The first-order valence-corrected chi connectivity index (χ1v) is 8.77. The molecule has 0 aliphatic carbocycles. The fourth-order valence-corrected chi connectivity index (χ4v) is 2.49. The molecule has 0 radical (unpaired) electrons. The van der Waals surface area contributed by atoms with Gasteiger partial charge in [-0.25, -0.2) is 5.43 Å². The SMILES string of the molecule is CCOc1ccc(/C(C)=N\NC(=O)Cc2ccc(CC)cc2)cc1[N+](=O)[O-]. The maximum atomic E-state index is 12.1. The molecule has 0 atom stereocenters. The molecule has 1 N–H and O–H groups in total. The summed E-state index contributed by atoms with van der Waals surface area (Å²) >= 11 is 0. The lowest BCUT2D eigenvalue weighted by Crippen LogP contribution is -2.21. The third kappa shape index (κ3) is 5.64. The third-order valence-electron chi connectivity index (χ3n) is 4.02. The first-order chi connectivity index (χ1) is 12.9. The number of carbonyl (C=O) groups excluding carboxylic acids is 1. The topological polar surface area (TPSA) is 93.8 Å². The Morgan fingerprint density at radius 2 is 1.81 bits per heavy atom. The van der Waals surface area contributed by atoms with Gasteiger partial charge in [0.05, 0.1) is 23.7 Å². The van der Waals surface area contributed by atoms with Crippen LogP contribution in [0.3, 0.4) is 0 Å². The molecule has 0 aliphatic heterocycles. The Labute approximate surface area is 158 Å². The summed E-state index contributed by atoms with van der Waals surface area (Å²) in [5, 5.41) is 15.3. The molecule has 1 amide bonds. The van der Waals surface area contributed by atoms with E-state index in [0.29, 0.717) is 17.9 Å². The monoisotopic (exact) mass is 369 g/mol. The number of nitrogens with one attached hydrogen (secondary N) is 1. The molecule has 2 aromatic rings. The van der Waals surface area contributed by atoms with E-state index in [9.17, 15) is 14.9 Å². The number of nitro benzene ring substituents is 1. The summed E-state index contributed by atoms with van der Waals surface area (Å²) in [6.07, 6.45) is 1.16. The molecule has 7 nitrogen and oxygen atoms in total. The summed E-state index contributed by atoms with van der Waals surface area (Å²) in [5.74, 6) is -0.0438. The molecule has 0 aromatic heterocycles. The van der Waals surface area contributed by atoms with Crippen molar-refractivity contribution in [1.29, 1.82) is 0 Å². The number of nitro groups is 1. The van der Waals surface area contributed by atoms with Gasteiger partial charge in [0.1, 0.15) is 0 Å². The van der Waals surface area contributed by atoms with E-state index in [0.717, 1.165) is 12.0 Å². The van der Waals surface area contributed by atoms with Crippen molar-refractivity contribution in [3.63, 3.8) is 0 Å². The van der Waals surface area contributed by atoms with Crippen molar-refractivity contribution in [3.8, 4) is 5.75 Å². The normalized spacial score (nSPS) is 11.1. The van der Waals surface area contributed by atoms with E-state index in [1.54, 1.807) is 19.9 Å². The number of hydrogen-bond donors (Lipinski definition) is 1. The number of ether oxygens (including phenoxy) is 1. The highest BCUT2D eigenvalue weighted by Gasteiger charge is 2.16. The van der Waals surface area contributed by atoms with Gasteiger partial charge < -0.3 is 4.74 Å². The van der Waals surface area contributed by atoms with Crippen LogP contribution in [-0.4, -0.2) is 23.1 Å². The molecule has 2 rings (SSSR count). The molecule has 142 valence electrons. The van der Waals surface area contributed by atoms with Gasteiger partial charge in [-0.15, -0.1) is 0 Å². The van der Waals surface area contributed by atoms with Gasteiger partial charge in [0.25, 0.3) is 0 Å². The van der Waals surface area contributed by atoms with Crippen molar-refractivity contribution in [2.24, 2.45) is 5.10 Å². The lowest BCUT2D eigenvalue weighted by atomic mass is 10.1. The number of hydrogen-bond acceptors (Lipinski definition) is 5. The lowest BCUT2D eigenvalue weighted by molar-refractivity contribution is -0.385. The summed E-state index contributed by atoms with van der Waals surface area (Å²) < 4.78 is 5.26. The maximum Gasteiger partial charge on any atom is 0.311 e. The van der Waals surface area contributed by atoms with Crippen LogP contribution in [0, 0.1) is 10.1 Å². The zero-order valence-corrected chi connectivity index (χ0v) is 15.7. The van der Waals surface area contributed by atoms with Gasteiger partial charge >= 0.3 is 5.69 Å². The molecular weight excluding hydrogens is 346 g/mol. The van der Waals surface area contributed by atoms with Gasteiger partial charge in [0, 0.05) is 11.6 Å². The quantitative estimate of drug-likeness (QED) is 0.437. The van der Waals surface area contributed by atoms with Gasteiger partial charge in [-0.2, -0.15) is 5.10 Å². The van der Waals surface area contributed by atoms with Crippen LogP contribution in [0.15, 0.2) is 47.6 Å². The molecule has 0 aliphatic rings. The van der Waals surface area contributed by atoms with E-state index in [-0.39, 0.29) is 23.8 Å². The highest BCUT2D eigenvalue weighted by molar-refractivity contribution is 6.00. The molecular formula is C20H23N3O4. The first-order valence-electron chi connectivity index (χ1n) is 8.77. The Hall–Kier alpha value is -3.22. The standard InChI is InChI=1S/C20H23N3O4/c1-4-15-6-8-16(9-7-15)12-20(24)22-21-14(3)17-10-11-19(27-5-2)18(13-17)23(25)26/h6-11,13H,4-5,12H2,1-3H3,(H,22,24)/b21-14-. The van der Waals surface area contributed by atoms with E-state index < -0.39 is 4.92 Å². The lowest BCUT2D eigenvalue weighted by Gasteiger charge is -2.07. The summed E-state index contributed by atoms with van der Waals surface area (Å²) in [7, 11) is 0. The van der Waals surface area contributed by atoms with Crippen LogP contribution in [0.2, 0.25) is 0 Å². The minimum Gasteiger partial charge on any atom is -0.487 e. The average molecular weight is 369 g/mol. The Morgan fingerprint density at radius 1 is 1.15 bits per heavy atom. The molecule has 27 heavy (non-hydrogen) atoms. The zero-order valence-electron chi connectivity index (χ0n) is 15.7. The van der Waals surface area contributed by atoms with Crippen LogP contribution in [0.1, 0.15) is 37.5 Å². The second-order valence-corrected chi connectivity index (χ2v) is 5.95. The second-order valence-electron chi connectivity index (χ2n) is 5.95. The summed E-state index contributed by atoms with van der Waals surface area (Å²) in [6.45, 7) is 5.85. The van der Waals surface area contributed by atoms with E-state index in [4.69, 9.17) is 4.74 Å². The van der Waals surface area contributed by atoms with Crippen LogP contribution < -0.4 is 10.2 Å². The summed E-state index contributed by atoms with van der Waals surface area (Å²) in [5.41, 5.74) is 5.48. The largest absolute Gasteiger partial charge is 0.487 e. The van der Waals surface area contributed by atoms with Crippen molar-refractivity contribution in [1.82, 2.24) is 5.43 Å². The highest BCUT2D eigenvalue weighted by atomic mass is 16.6. The van der Waals surface area contributed by atoms with Crippen molar-refractivity contribution < 1.29 is 14.5 Å². The number of amides is 1. The smallest absolute Gasteiger partial charge is 0.311 e. The minimum absolute atomic E-state index is 0.133. The van der Waals surface area contributed by atoms with Gasteiger partial charge in [-0.1, -0.05) is 31.2 Å². The number of hydrazone groups is 1. The van der Waals surface area contributed by atoms with Gasteiger partial charge in [-0.3, -0.25) is 14.9 Å². The van der Waals surface area contributed by atoms with Crippen LogP contribution >= 0.6 is 0 Å². The Bertz CT molecular complexity index is 845. The van der Waals surface area contributed by atoms with E-state index in [1.165, 1.54) is 17.7 Å². The molecule has 0 saturated heterocycles. The van der Waals surface area contributed by atoms with Crippen LogP contribution in [0.5, 0.6) is 5.75 Å². The molecule has 0 saturated carbocycles. The predicted octanol–water partition coefficient (Wildman–Crippen LogP) is 3.64. The van der Waals surface area contributed by atoms with Crippen molar-refractivity contribution in [2.45, 2.75) is 33.6 Å². The Kier molecular flexibility index (Phi) is 7.05. The average Bonchev–Trinajstić information content (AvgIpc) is 2.67. The molecule has 7 heteroatoms. The molecule has 0 spiro atoms. The van der Waals surface area contributed by atoms with Crippen LogP contribution in [0.25, 0.3) is 0 Å². The van der Waals surface area contributed by atoms with Crippen molar-refractivity contribution in [2.75, 3.05) is 6.61 Å². The van der Waals surface area contributed by atoms with Gasteiger partial charge in [0.15, 0.2) is 5.75 Å². The van der Waals surface area contributed by atoms with Gasteiger partial charge in [0.2, 0.25) is 5.91 Å². The zero-order chi connectivity index (χ0) is 19.8. The maximum absolute atomic E-state index is 12.1. The molecule has 0 bridgehead atoms. The van der Waals surface area contributed by atoms with Crippen LogP contribution in [0.4, 0.5) is 5.69 Å². The van der Waals surface area contributed by atoms with E-state index in [2.05, 4.69) is 17.5 Å². The fraction of sp³-hybridized carbons (Fsp3) is 0.300. The summed E-state index contributed by atoms with van der Waals surface area (Å²) in [6, 6.07) is 12.4. The molecule has 0 unspecified atom stereocenters. The van der Waals surface area contributed by atoms with E-state index in [1.807, 2.05) is 24.3 Å². The Balaban J connectivity index is 2.06. The molecule has 0 fully saturated rings. The minimum atomic E-state index is -0.500. The number of aryl methyl sites for hydroxylation is 1. The number of nitrogens with zero attached hydrogens (tertiary/aromatic N) is 2. The summed E-state index contributed by atoms with van der Waals surface area (Å²) in [4.78, 5) is 22.8. The van der Waals surface area contributed by atoms with Crippen molar-refractivity contribution in [3.05, 3.63) is 69.3 Å². The van der Waals surface area contributed by atoms with Crippen LogP contribution in [-0.2, 0) is 17.6 Å². The van der Waals surface area contributed by atoms with E-state index >= 15 is 0 Å². The number of rotatable bonds is 8. The first kappa shape index (κ1) is 20.1. The highest BCUT2D eigenvalue weighted by Crippen LogP contribution is 2.28.